The van der Waals surface area contributed by atoms with E-state index < -0.39 is 0 Å². The number of thiazole rings is 1. The molecule has 0 amide bonds. The minimum atomic E-state index is -0.279. The highest BCUT2D eigenvalue weighted by molar-refractivity contribution is 7.15. The number of rotatable bonds is 6. The van der Waals surface area contributed by atoms with Gasteiger partial charge in [0, 0.05) is 53.7 Å². The molecule has 0 radical (unpaired) electrons. The molecule has 134 valence electrons. The third-order valence-electron chi connectivity index (χ3n) is 4.81. The van der Waals surface area contributed by atoms with Gasteiger partial charge in [-0.25, -0.2) is 19.3 Å². The number of hydrogen-bond acceptors (Lipinski definition) is 7. The van der Waals surface area contributed by atoms with Crippen molar-refractivity contribution in [1.82, 2.24) is 19.9 Å². The van der Waals surface area contributed by atoms with Crippen LogP contribution in [0.2, 0.25) is 0 Å². The van der Waals surface area contributed by atoms with Crippen molar-refractivity contribution >= 4 is 17.3 Å². The van der Waals surface area contributed by atoms with Crippen molar-refractivity contribution in [2.75, 3.05) is 11.9 Å². The van der Waals surface area contributed by atoms with E-state index in [1.807, 2.05) is 0 Å². The van der Waals surface area contributed by atoms with Gasteiger partial charge in [0.15, 0.2) is 0 Å². The fraction of sp³-hybridized carbons (Fsp3) is 0.333. The van der Waals surface area contributed by atoms with Crippen LogP contribution in [0, 0.1) is 5.82 Å². The monoisotopic (exact) mass is 370 g/mol. The Morgan fingerprint density at radius 2 is 1.96 bits per heavy atom. The Morgan fingerprint density at radius 1 is 1.15 bits per heavy atom. The molecule has 3 aromatic rings. The second-order valence-corrected chi connectivity index (χ2v) is 7.57. The first-order valence-corrected chi connectivity index (χ1v) is 9.34. The van der Waals surface area contributed by atoms with Gasteiger partial charge in [-0.15, -0.1) is 11.3 Å². The summed E-state index contributed by atoms with van der Waals surface area (Å²) in [7, 11) is 0. The fourth-order valence-electron chi connectivity index (χ4n) is 3.19. The van der Waals surface area contributed by atoms with Gasteiger partial charge in [0.2, 0.25) is 5.95 Å². The second kappa shape index (κ2) is 7.05. The maximum absolute atomic E-state index is 14.2. The fourth-order valence-corrected chi connectivity index (χ4v) is 3.96. The maximum Gasteiger partial charge on any atom is 0.222 e. The van der Waals surface area contributed by atoms with Gasteiger partial charge < -0.3 is 11.1 Å². The first-order valence-electron chi connectivity index (χ1n) is 8.52. The summed E-state index contributed by atoms with van der Waals surface area (Å²) >= 11 is 1.53. The van der Waals surface area contributed by atoms with Gasteiger partial charge >= 0.3 is 0 Å². The average molecular weight is 370 g/mol. The van der Waals surface area contributed by atoms with Crippen LogP contribution in [-0.2, 0) is 12.0 Å². The quantitative estimate of drug-likeness (QED) is 0.693. The standard InChI is InChI=1S/C18H19FN6S/c19-14-3-1-6-21-15(14)18(4-2-5-18)11-25-17-23-8-12(9-24-17)16-22-10-13(7-20)26-16/h1,3,6,8-10H,2,4-5,7,11,20H2,(H,23,24,25). The lowest BCUT2D eigenvalue weighted by Crippen LogP contribution is -2.42. The summed E-state index contributed by atoms with van der Waals surface area (Å²) in [6.45, 7) is 1.04. The lowest BCUT2D eigenvalue weighted by atomic mass is 9.66. The van der Waals surface area contributed by atoms with Crippen molar-refractivity contribution < 1.29 is 4.39 Å². The minimum absolute atomic E-state index is 0.246. The lowest BCUT2D eigenvalue weighted by molar-refractivity contribution is 0.243. The van der Waals surface area contributed by atoms with Gasteiger partial charge in [0.1, 0.15) is 10.8 Å². The van der Waals surface area contributed by atoms with Gasteiger partial charge in [-0.2, -0.15) is 0 Å². The Balaban J connectivity index is 1.47. The molecule has 0 aliphatic heterocycles. The number of anilines is 1. The van der Waals surface area contributed by atoms with Crippen LogP contribution in [0.4, 0.5) is 10.3 Å². The summed E-state index contributed by atoms with van der Waals surface area (Å²) in [6, 6.07) is 3.09. The number of nitrogens with zero attached hydrogens (tertiary/aromatic N) is 4. The lowest BCUT2D eigenvalue weighted by Gasteiger charge is -2.41. The van der Waals surface area contributed by atoms with Crippen molar-refractivity contribution in [3.8, 4) is 10.6 Å². The number of hydrogen-bond donors (Lipinski definition) is 2. The van der Waals surface area contributed by atoms with Crippen LogP contribution >= 0.6 is 11.3 Å². The normalized spacial score (nSPS) is 15.5. The molecule has 3 heterocycles. The van der Waals surface area contributed by atoms with Crippen LogP contribution in [0.1, 0.15) is 29.8 Å². The van der Waals surface area contributed by atoms with Crippen molar-refractivity contribution in [2.45, 2.75) is 31.2 Å². The molecule has 0 unspecified atom stereocenters. The van der Waals surface area contributed by atoms with Crippen molar-refractivity contribution in [3.05, 3.63) is 53.3 Å². The molecule has 0 atom stereocenters. The summed E-state index contributed by atoms with van der Waals surface area (Å²) in [5.41, 5.74) is 6.73. The molecule has 26 heavy (non-hydrogen) atoms. The summed E-state index contributed by atoms with van der Waals surface area (Å²) < 4.78 is 14.2. The Hall–Kier alpha value is -2.45. The number of nitrogens with two attached hydrogens (primary N) is 1. The molecule has 3 N–H and O–H groups in total. The van der Waals surface area contributed by atoms with Crippen LogP contribution in [0.15, 0.2) is 36.9 Å². The van der Waals surface area contributed by atoms with Crippen molar-refractivity contribution in [2.24, 2.45) is 5.73 Å². The molecule has 1 saturated carbocycles. The molecule has 3 aromatic heterocycles. The van der Waals surface area contributed by atoms with E-state index in [2.05, 4.69) is 25.3 Å². The molecule has 0 spiro atoms. The van der Waals surface area contributed by atoms with Crippen LogP contribution in [0.3, 0.4) is 0 Å². The minimum Gasteiger partial charge on any atom is -0.353 e. The number of nitrogens with one attached hydrogen (secondary N) is 1. The molecule has 6 nitrogen and oxygen atoms in total. The first-order chi connectivity index (χ1) is 12.7. The van der Waals surface area contributed by atoms with Crippen LogP contribution < -0.4 is 11.1 Å². The summed E-state index contributed by atoms with van der Waals surface area (Å²) in [5.74, 6) is 0.275. The van der Waals surface area contributed by atoms with E-state index in [0.717, 1.165) is 34.7 Å². The molecule has 0 saturated heterocycles. The summed E-state index contributed by atoms with van der Waals surface area (Å²) in [5, 5.41) is 4.09. The zero-order valence-corrected chi connectivity index (χ0v) is 15.0. The topological polar surface area (TPSA) is 89.6 Å². The molecule has 1 fully saturated rings. The molecule has 0 aromatic carbocycles. The summed E-state index contributed by atoms with van der Waals surface area (Å²) in [6.07, 6.45) is 9.79. The highest BCUT2D eigenvalue weighted by Gasteiger charge is 2.41. The molecule has 0 bridgehead atoms. The summed E-state index contributed by atoms with van der Waals surface area (Å²) in [4.78, 5) is 18.4. The van der Waals surface area contributed by atoms with Gasteiger partial charge in [0.25, 0.3) is 0 Å². The Labute approximate surface area is 154 Å². The molecule has 1 aliphatic rings. The van der Waals surface area contributed by atoms with Gasteiger partial charge in [0.05, 0.1) is 5.69 Å². The zero-order valence-electron chi connectivity index (χ0n) is 14.2. The molecular weight excluding hydrogens is 351 g/mol. The predicted octanol–water partition coefficient (Wildman–Crippen LogP) is 3.13. The van der Waals surface area contributed by atoms with E-state index >= 15 is 0 Å². The van der Waals surface area contributed by atoms with E-state index in [-0.39, 0.29) is 11.2 Å². The Morgan fingerprint density at radius 3 is 2.58 bits per heavy atom. The number of pyridine rings is 1. The highest BCUT2D eigenvalue weighted by Crippen LogP contribution is 2.43. The first kappa shape index (κ1) is 17.0. The van der Waals surface area contributed by atoms with Crippen LogP contribution in [0.25, 0.3) is 10.6 Å². The largest absolute Gasteiger partial charge is 0.353 e. The molecular formula is C18H19FN6S. The SMILES string of the molecule is NCc1cnc(-c2cnc(NCC3(c4ncccc4F)CCC3)nc2)s1. The highest BCUT2D eigenvalue weighted by atomic mass is 32.1. The van der Waals surface area contributed by atoms with E-state index in [1.165, 1.54) is 17.4 Å². The number of aromatic nitrogens is 4. The molecule has 4 rings (SSSR count). The third-order valence-corrected chi connectivity index (χ3v) is 5.88. The maximum atomic E-state index is 14.2. The van der Waals surface area contributed by atoms with Gasteiger partial charge in [-0.05, 0) is 25.0 Å². The molecule has 1 aliphatic carbocycles. The van der Waals surface area contributed by atoms with E-state index in [9.17, 15) is 4.39 Å². The van der Waals surface area contributed by atoms with Crippen LogP contribution in [-0.4, -0.2) is 26.5 Å². The predicted molar refractivity (Wildman–Crippen MR) is 99.2 cm³/mol. The second-order valence-electron chi connectivity index (χ2n) is 6.45. The molecule has 8 heteroatoms. The zero-order chi connectivity index (χ0) is 18.0. The van der Waals surface area contributed by atoms with Crippen LogP contribution in [0.5, 0.6) is 0 Å². The Kier molecular flexibility index (Phi) is 4.60. The van der Waals surface area contributed by atoms with E-state index in [1.54, 1.807) is 30.9 Å². The number of halogens is 1. The van der Waals surface area contributed by atoms with Crippen molar-refractivity contribution in [1.29, 1.82) is 0 Å². The third kappa shape index (κ3) is 3.17. The Bertz CT molecular complexity index is 891. The van der Waals surface area contributed by atoms with E-state index in [4.69, 9.17) is 5.73 Å². The van der Waals surface area contributed by atoms with Gasteiger partial charge in [-0.3, -0.25) is 4.98 Å². The van der Waals surface area contributed by atoms with Gasteiger partial charge in [-0.1, -0.05) is 6.42 Å². The van der Waals surface area contributed by atoms with E-state index in [0.29, 0.717) is 24.7 Å². The average Bonchev–Trinajstić information content (AvgIpc) is 3.12. The van der Waals surface area contributed by atoms with Crippen molar-refractivity contribution in [3.63, 3.8) is 0 Å². The smallest absolute Gasteiger partial charge is 0.222 e.